The molecule has 0 radical (unpaired) electrons. The minimum absolute atomic E-state index is 0.366. The SMILES string of the molecule is CCCCCC1CCC(CCC(=N)N)CC1. The van der Waals surface area contributed by atoms with Gasteiger partial charge in [0.2, 0.25) is 0 Å². The lowest BCUT2D eigenvalue weighted by Crippen LogP contribution is -2.17. The maximum absolute atomic E-state index is 7.24. The molecule has 0 amide bonds. The molecular weight excluding hydrogens is 196 g/mol. The summed E-state index contributed by atoms with van der Waals surface area (Å²) in [6.45, 7) is 2.28. The molecule has 0 aliphatic heterocycles. The molecule has 0 heterocycles. The van der Waals surface area contributed by atoms with Gasteiger partial charge in [0.1, 0.15) is 0 Å². The molecule has 1 fully saturated rings. The van der Waals surface area contributed by atoms with E-state index in [1.54, 1.807) is 0 Å². The number of hydrogen-bond acceptors (Lipinski definition) is 1. The van der Waals surface area contributed by atoms with E-state index in [9.17, 15) is 0 Å². The standard InChI is InChI=1S/C14H28N2/c1-2-3-4-5-12-6-8-13(9-7-12)10-11-14(15)16/h12-13H,2-11H2,1H3,(H3,15,16). The van der Waals surface area contributed by atoms with E-state index < -0.39 is 0 Å². The summed E-state index contributed by atoms with van der Waals surface area (Å²) in [7, 11) is 0. The minimum Gasteiger partial charge on any atom is -0.388 e. The molecule has 1 rings (SSSR count). The van der Waals surface area contributed by atoms with E-state index in [0.29, 0.717) is 5.84 Å². The predicted octanol–water partition coefficient (Wildman–Crippen LogP) is 4.09. The largest absolute Gasteiger partial charge is 0.388 e. The zero-order chi connectivity index (χ0) is 11.8. The van der Waals surface area contributed by atoms with Crippen molar-refractivity contribution in [3.63, 3.8) is 0 Å². The van der Waals surface area contributed by atoms with Gasteiger partial charge in [0.05, 0.1) is 5.84 Å². The Morgan fingerprint density at radius 3 is 2.12 bits per heavy atom. The topological polar surface area (TPSA) is 49.9 Å². The van der Waals surface area contributed by atoms with E-state index >= 15 is 0 Å². The Kier molecular flexibility index (Phi) is 6.51. The lowest BCUT2D eigenvalue weighted by Gasteiger charge is -2.28. The van der Waals surface area contributed by atoms with Gasteiger partial charge in [-0.1, -0.05) is 58.3 Å². The number of nitrogens with one attached hydrogen (secondary N) is 1. The second kappa shape index (κ2) is 7.70. The van der Waals surface area contributed by atoms with Crippen LogP contribution in [0.25, 0.3) is 0 Å². The number of hydrogen-bond donors (Lipinski definition) is 2. The van der Waals surface area contributed by atoms with E-state index in [2.05, 4.69) is 6.92 Å². The molecule has 0 saturated heterocycles. The molecule has 0 spiro atoms. The molecule has 1 aliphatic rings. The van der Waals surface area contributed by atoms with Crippen LogP contribution < -0.4 is 5.73 Å². The molecule has 0 aromatic heterocycles. The van der Waals surface area contributed by atoms with Gasteiger partial charge in [-0.05, 0) is 18.3 Å². The first-order valence-corrected chi connectivity index (χ1v) is 7.05. The highest BCUT2D eigenvalue weighted by Gasteiger charge is 2.20. The Labute approximate surface area is 101 Å². The van der Waals surface area contributed by atoms with Crippen LogP contribution in [0.4, 0.5) is 0 Å². The lowest BCUT2D eigenvalue weighted by molar-refractivity contribution is 0.251. The van der Waals surface area contributed by atoms with Crippen LogP contribution in [0.3, 0.4) is 0 Å². The molecular formula is C14H28N2. The summed E-state index contributed by atoms with van der Waals surface area (Å²) < 4.78 is 0. The summed E-state index contributed by atoms with van der Waals surface area (Å²) in [5, 5.41) is 7.24. The fraction of sp³-hybridized carbons (Fsp3) is 0.929. The summed E-state index contributed by atoms with van der Waals surface area (Å²) >= 11 is 0. The van der Waals surface area contributed by atoms with E-state index in [4.69, 9.17) is 11.1 Å². The average Bonchev–Trinajstić information content (AvgIpc) is 2.28. The predicted molar refractivity (Wildman–Crippen MR) is 70.7 cm³/mol. The highest BCUT2D eigenvalue weighted by Crippen LogP contribution is 2.34. The van der Waals surface area contributed by atoms with Crippen molar-refractivity contribution in [2.45, 2.75) is 71.1 Å². The van der Waals surface area contributed by atoms with Crippen LogP contribution in [-0.2, 0) is 0 Å². The number of amidine groups is 1. The number of nitrogens with two attached hydrogens (primary N) is 1. The van der Waals surface area contributed by atoms with Crippen LogP contribution >= 0.6 is 0 Å². The van der Waals surface area contributed by atoms with Gasteiger partial charge in [-0.15, -0.1) is 0 Å². The van der Waals surface area contributed by atoms with Gasteiger partial charge in [-0.25, -0.2) is 0 Å². The summed E-state index contributed by atoms with van der Waals surface area (Å²) in [5.74, 6) is 2.22. The first kappa shape index (κ1) is 13.5. The Morgan fingerprint density at radius 1 is 1.06 bits per heavy atom. The third-order valence-electron chi connectivity index (χ3n) is 4.00. The van der Waals surface area contributed by atoms with Crippen molar-refractivity contribution >= 4 is 5.84 Å². The third kappa shape index (κ3) is 5.53. The second-order valence-electron chi connectivity index (χ2n) is 5.45. The molecule has 0 unspecified atom stereocenters. The fourth-order valence-corrected chi connectivity index (χ4v) is 2.85. The molecule has 0 aromatic carbocycles. The van der Waals surface area contributed by atoms with E-state index in [1.807, 2.05) is 0 Å². The van der Waals surface area contributed by atoms with Gasteiger partial charge >= 0.3 is 0 Å². The highest BCUT2D eigenvalue weighted by molar-refractivity contribution is 5.76. The van der Waals surface area contributed by atoms with Gasteiger partial charge < -0.3 is 5.73 Å². The van der Waals surface area contributed by atoms with Gasteiger partial charge in [0.15, 0.2) is 0 Å². The maximum atomic E-state index is 7.24. The summed E-state index contributed by atoms with van der Waals surface area (Å²) in [6, 6.07) is 0. The van der Waals surface area contributed by atoms with Crippen LogP contribution in [0.1, 0.15) is 71.1 Å². The quantitative estimate of drug-likeness (QED) is 0.382. The Bertz CT molecular complexity index is 193. The average molecular weight is 224 g/mol. The smallest absolute Gasteiger partial charge is 0.0905 e. The zero-order valence-corrected chi connectivity index (χ0v) is 10.8. The number of unbranched alkanes of at least 4 members (excludes halogenated alkanes) is 2. The molecule has 16 heavy (non-hydrogen) atoms. The van der Waals surface area contributed by atoms with E-state index in [1.165, 1.54) is 51.4 Å². The van der Waals surface area contributed by atoms with Crippen LogP contribution in [-0.4, -0.2) is 5.84 Å². The highest BCUT2D eigenvalue weighted by atomic mass is 14.7. The Balaban J connectivity index is 2.06. The van der Waals surface area contributed by atoms with Crippen molar-refractivity contribution in [3.8, 4) is 0 Å². The molecule has 94 valence electrons. The Morgan fingerprint density at radius 2 is 1.62 bits per heavy atom. The van der Waals surface area contributed by atoms with E-state index in [-0.39, 0.29) is 0 Å². The lowest BCUT2D eigenvalue weighted by atomic mass is 9.78. The molecule has 0 aromatic rings. The molecule has 2 heteroatoms. The van der Waals surface area contributed by atoms with Crippen molar-refractivity contribution in [1.82, 2.24) is 0 Å². The van der Waals surface area contributed by atoms with Gasteiger partial charge in [0, 0.05) is 6.42 Å². The molecule has 0 bridgehead atoms. The van der Waals surface area contributed by atoms with Crippen molar-refractivity contribution in [2.75, 3.05) is 0 Å². The van der Waals surface area contributed by atoms with Crippen LogP contribution in [0.5, 0.6) is 0 Å². The molecule has 1 saturated carbocycles. The maximum Gasteiger partial charge on any atom is 0.0905 e. The molecule has 2 nitrogen and oxygen atoms in total. The monoisotopic (exact) mass is 224 g/mol. The second-order valence-corrected chi connectivity index (χ2v) is 5.45. The Hall–Kier alpha value is -0.530. The first-order valence-electron chi connectivity index (χ1n) is 7.05. The van der Waals surface area contributed by atoms with Crippen molar-refractivity contribution < 1.29 is 0 Å². The van der Waals surface area contributed by atoms with Crippen molar-refractivity contribution in [3.05, 3.63) is 0 Å². The van der Waals surface area contributed by atoms with Gasteiger partial charge in [-0.3, -0.25) is 5.41 Å². The number of rotatable bonds is 7. The molecule has 0 atom stereocenters. The van der Waals surface area contributed by atoms with Crippen molar-refractivity contribution in [2.24, 2.45) is 17.6 Å². The summed E-state index contributed by atoms with van der Waals surface area (Å²) in [4.78, 5) is 0. The van der Waals surface area contributed by atoms with Gasteiger partial charge in [-0.2, -0.15) is 0 Å². The fourth-order valence-electron chi connectivity index (χ4n) is 2.85. The minimum atomic E-state index is 0.366. The summed E-state index contributed by atoms with van der Waals surface area (Å²) in [5.41, 5.74) is 5.40. The molecule has 3 N–H and O–H groups in total. The first-order chi connectivity index (χ1) is 7.72. The van der Waals surface area contributed by atoms with Crippen LogP contribution in [0.15, 0.2) is 0 Å². The third-order valence-corrected chi connectivity index (χ3v) is 4.00. The normalized spacial score (nSPS) is 25.6. The molecule has 1 aliphatic carbocycles. The van der Waals surface area contributed by atoms with Crippen LogP contribution in [0.2, 0.25) is 0 Å². The van der Waals surface area contributed by atoms with Gasteiger partial charge in [0.25, 0.3) is 0 Å². The van der Waals surface area contributed by atoms with Crippen molar-refractivity contribution in [1.29, 1.82) is 5.41 Å². The zero-order valence-electron chi connectivity index (χ0n) is 10.8. The van der Waals surface area contributed by atoms with E-state index in [0.717, 1.165) is 24.7 Å². The summed E-state index contributed by atoms with van der Waals surface area (Å²) in [6.07, 6.45) is 13.2. The van der Waals surface area contributed by atoms with Crippen LogP contribution in [0, 0.1) is 17.2 Å².